The first-order valence-electron chi connectivity index (χ1n) is 17.1. The number of thiophene rings is 1. The van der Waals surface area contributed by atoms with Gasteiger partial charge in [-0.3, -0.25) is 0 Å². The quantitative estimate of drug-likeness (QED) is 0.174. The van der Waals surface area contributed by atoms with Crippen LogP contribution in [0, 0.1) is 0 Å². The van der Waals surface area contributed by atoms with Crippen molar-refractivity contribution < 1.29 is 4.42 Å². The molecular weight excluding hydrogens is 657 g/mol. The van der Waals surface area contributed by atoms with Crippen LogP contribution in [0.15, 0.2) is 174 Å². The average Bonchev–Trinajstić information content (AvgIpc) is 3.81. The molecule has 0 bridgehead atoms. The lowest BCUT2D eigenvalue weighted by atomic mass is 10.0. The molecule has 244 valence electrons. The zero-order chi connectivity index (χ0) is 34.4. The SMILES string of the molecule is c1ccc(-c2ccc(-c3nc(-c4ccccc4)nc(-c4cccc5sc6cc7oc(-c8ccc(-c9ccccc9)cc8)nc7cc6c45)n3)cc2)cc1. The Labute approximate surface area is 303 Å². The minimum absolute atomic E-state index is 0.602. The van der Waals surface area contributed by atoms with Gasteiger partial charge in [-0.2, -0.15) is 0 Å². The fourth-order valence-corrected chi connectivity index (χ4v) is 7.92. The van der Waals surface area contributed by atoms with Crippen molar-refractivity contribution >= 4 is 42.6 Å². The highest BCUT2D eigenvalue weighted by Gasteiger charge is 2.19. The summed E-state index contributed by atoms with van der Waals surface area (Å²) in [6, 6.07) is 58.2. The van der Waals surface area contributed by atoms with E-state index in [1.54, 1.807) is 11.3 Å². The Morgan fingerprint density at radius 2 is 0.885 bits per heavy atom. The van der Waals surface area contributed by atoms with Gasteiger partial charge in [0.2, 0.25) is 5.89 Å². The Morgan fingerprint density at radius 1 is 0.385 bits per heavy atom. The summed E-state index contributed by atoms with van der Waals surface area (Å²) in [5.74, 6) is 2.48. The molecule has 5 nitrogen and oxygen atoms in total. The van der Waals surface area contributed by atoms with E-state index in [0.29, 0.717) is 23.4 Å². The predicted octanol–water partition coefficient (Wildman–Crippen LogP) is 12.4. The lowest BCUT2D eigenvalue weighted by Gasteiger charge is -2.10. The second-order valence-corrected chi connectivity index (χ2v) is 13.8. The predicted molar refractivity (Wildman–Crippen MR) is 213 cm³/mol. The van der Waals surface area contributed by atoms with Crippen LogP contribution in [0.3, 0.4) is 0 Å². The van der Waals surface area contributed by atoms with E-state index in [-0.39, 0.29) is 0 Å². The molecule has 0 atom stereocenters. The van der Waals surface area contributed by atoms with Gasteiger partial charge in [0.25, 0.3) is 0 Å². The van der Waals surface area contributed by atoms with E-state index < -0.39 is 0 Å². The maximum atomic E-state index is 6.35. The first kappa shape index (κ1) is 30.1. The molecule has 3 aromatic heterocycles. The first-order valence-corrected chi connectivity index (χ1v) is 17.9. The highest BCUT2D eigenvalue weighted by Crippen LogP contribution is 2.42. The Morgan fingerprint density at radius 3 is 1.50 bits per heavy atom. The molecular formula is C46H28N4OS. The van der Waals surface area contributed by atoms with E-state index in [0.717, 1.165) is 64.7 Å². The molecule has 0 spiro atoms. The number of nitrogens with zero attached hydrogens (tertiary/aromatic N) is 4. The van der Waals surface area contributed by atoms with Crippen LogP contribution in [0.1, 0.15) is 0 Å². The van der Waals surface area contributed by atoms with E-state index in [2.05, 4.69) is 127 Å². The molecule has 3 heterocycles. The molecule has 0 aliphatic carbocycles. The fraction of sp³-hybridized carbons (Fsp3) is 0. The van der Waals surface area contributed by atoms with Gasteiger partial charge >= 0.3 is 0 Å². The van der Waals surface area contributed by atoms with Gasteiger partial charge in [-0.05, 0) is 46.5 Å². The maximum Gasteiger partial charge on any atom is 0.227 e. The third kappa shape index (κ3) is 5.43. The summed E-state index contributed by atoms with van der Waals surface area (Å²) in [5.41, 5.74) is 9.96. The molecule has 0 aliphatic heterocycles. The van der Waals surface area contributed by atoms with E-state index >= 15 is 0 Å². The van der Waals surface area contributed by atoms with Crippen molar-refractivity contribution in [2.75, 3.05) is 0 Å². The summed E-state index contributed by atoms with van der Waals surface area (Å²) < 4.78 is 8.61. The van der Waals surface area contributed by atoms with Gasteiger partial charge in [0.1, 0.15) is 5.52 Å². The number of hydrogen-bond donors (Lipinski definition) is 0. The summed E-state index contributed by atoms with van der Waals surface area (Å²) in [5, 5.41) is 2.19. The minimum Gasteiger partial charge on any atom is -0.436 e. The number of benzene rings is 7. The van der Waals surface area contributed by atoms with E-state index in [9.17, 15) is 0 Å². The number of oxazole rings is 1. The molecule has 7 aromatic carbocycles. The van der Waals surface area contributed by atoms with Gasteiger partial charge in [0, 0.05) is 48.5 Å². The van der Waals surface area contributed by atoms with Crippen LogP contribution in [0.4, 0.5) is 0 Å². The molecule has 0 amide bonds. The molecule has 0 unspecified atom stereocenters. The van der Waals surface area contributed by atoms with Gasteiger partial charge in [-0.1, -0.05) is 140 Å². The zero-order valence-corrected chi connectivity index (χ0v) is 28.6. The molecule has 10 aromatic rings. The lowest BCUT2D eigenvalue weighted by molar-refractivity contribution is 0.620. The highest BCUT2D eigenvalue weighted by molar-refractivity contribution is 7.26. The Kier molecular flexibility index (Phi) is 7.25. The van der Waals surface area contributed by atoms with Crippen LogP contribution >= 0.6 is 11.3 Å². The summed E-state index contributed by atoms with van der Waals surface area (Å²) in [4.78, 5) is 20.1. The molecule has 0 radical (unpaired) electrons. The van der Waals surface area contributed by atoms with Crippen LogP contribution in [0.25, 0.3) is 99.1 Å². The van der Waals surface area contributed by atoms with Crippen LogP contribution in [-0.2, 0) is 0 Å². The number of aromatic nitrogens is 4. The molecule has 0 fully saturated rings. The van der Waals surface area contributed by atoms with E-state index in [1.807, 2.05) is 42.5 Å². The van der Waals surface area contributed by atoms with Crippen molar-refractivity contribution in [2.24, 2.45) is 0 Å². The van der Waals surface area contributed by atoms with Crippen molar-refractivity contribution in [1.29, 1.82) is 0 Å². The molecule has 0 aliphatic rings. The van der Waals surface area contributed by atoms with Crippen molar-refractivity contribution in [2.45, 2.75) is 0 Å². The van der Waals surface area contributed by atoms with E-state index in [4.69, 9.17) is 24.4 Å². The zero-order valence-electron chi connectivity index (χ0n) is 27.8. The van der Waals surface area contributed by atoms with Crippen molar-refractivity contribution in [3.05, 3.63) is 170 Å². The maximum absolute atomic E-state index is 6.35. The van der Waals surface area contributed by atoms with Crippen LogP contribution in [0.5, 0.6) is 0 Å². The van der Waals surface area contributed by atoms with E-state index in [1.165, 1.54) is 11.1 Å². The number of fused-ring (bicyclic) bond motifs is 4. The van der Waals surface area contributed by atoms with Gasteiger partial charge < -0.3 is 4.42 Å². The Hall–Kier alpha value is -6.76. The largest absolute Gasteiger partial charge is 0.436 e. The van der Waals surface area contributed by atoms with Gasteiger partial charge in [0.05, 0.1) is 0 Å². The topological polar surface area (TPSA) is 64.7 Å². The number of hydrogen-bond acceptors (Lipinski definition) is 6. The first-order chi connectivity index (χ1) is 25.7. The monoisotopic (exact) mass is 684 g/mol. The number of rotatable bonds is 6. The second kappa shape index (κ2) is 12.5. The summed E-state index contributed by atoms with van der Waals surface area (Å²) >= 11 is 1.73. The van der Waals surface area contributed by atoms with Crippen molar-refractivity contribution in [3.63, 3.8) is 0 Å². The molecule has 10 rings (SSSR count). The molecule has 0 saturated heterocycles. The normalized spacial score (nSPS) is 11.5. The second-order valence-electron chi connectivity index (χ2n) is 12.7. The smallest absolute Gasteiger partial charge is 0.227 e. The standard InChI is InChI=1S/C46H28N4OS/c1-4-11-29(12-5-1)31-19-23-34(24-20-31)44-48-43(33-15-8-3-9-16-33)49-45(50-44)36-17-10-18-40-42(36)37-27-38-39(28-41(37)52-40)51-46(47-38)35-25-21-32(22-26-35)30-13-6-2-7-14-30/h1-28H. The van der Waals surface area contributed by atoms with Crippen molar-refractivity contribution in [1.82, 2.24) is 19.9 Å². The van der Waals surface area contributed by atoms with Gasteiger partial charge in [-0.15, -0.1) is 11.3 Å². The molecule has 0 N–H and O–H groups in total. The lowest BCUT2D eigenvalue weighted by Crippen LogP contribution is -2.00. The molecule has 52 heavy (non-hydrogen) atoms. The highest BCUT2D eigenvalue weighted by atomic mass is 32.1. The fourth-order valence-electron chi connectivity index (χ4n) is 6.78. The van der Waals surface area contributed by atoms with Crippen molar-refractivity contribution in [3.8, 4) is 67.9 Å². The third-order valence-corrected chi connectivity index (χ3v) is 10.5. The summed E-state index contributed by atoms with van der Waals surface area (Å²) in [6.45, 7) is 0. The van der Waals surface area contributed by atoms with Crippen LogP contribution in [-0.4, -0.2) is 19.9 Å². The summed E-state index contributed by atoms with van der Waals surface area (Å²) in [7, 11) is 0. The minimum atomic E-state index is 0.602. The molecule has 6 heteroatoms. The Bertz CT molecular complexity index is 2870. The molecule has 0 saturated carbocycles. The van der Waals surface area contributed by atoms with Gasteiger partial charge in [-0.25, -0.2) is 19.9 Å². The summed E-state index contributed by atoms with van der Waals surface area (Å²) in [6.07, 6.45) is 0. The Balaban J connectivity index is 1.09. The van der Waals surface area contributed by atoms with Crippen LogP contribution < -0.4 is 0 Å². The van der Waals surface area contributed by atoms with Crippen LogP contribution in [0.2, 0.25) is 0 Å². The average molecular weight is 685 g/mol. The third-order valence-electron chi connectivity index (χ3n) is 9.40. The van der Waals surface area contributed by atoms with Gasteiger partial charge in [0.15, 0.2) is 23.1 Å².